The third-order valence-corrected chi connectivity index (χ3v) is 3.93. The number of amides is 1. The zero-order valence-electron chi connectivity index (χ0n) is 10.3. The van der Waals surface area contributed by atoms with Gasteiger partial charge in [0, 0.05) is 15.4 Å². The lowest BCUT2D eigenvalue weighted by Gasteiger charge is -2.14. The molecule has 0 aliphatic rings. The van der Waals surface area contributed by atoms with Crippen LogP contribution in [0.15, 0.2) is 16.6 Å². The van der Waals surface area contributed by atoms with Gasteiger partial charge < -0.3 is 5.32 Å². The Morgan fingerprint density at radius 3 is 2.53 bits per heavy atom. The summed E-state index contributed by atoms with van der Waals surface area (Å²) in [7, 11) is 0. The quantitative estimate of drug-likeness (QED) is 0.850. The Kier molecular flexibility index (Phi) is 5.47. The van der Waals surface area contributed by atoms with Crippen LogP contribution in [-0.2, 0) is 4.79 Å². The van der Waals surface area contributed by atoms with Gasteiger partial charge in [0.15, 0.2) is 0 Å². The molecular formula is C13H17BrClNO. The van der Waals surface area contributed by atoms with Crippen LogP contribution in [0.3, 0.4) is 0 Å². The summed E-state index contributed by atoms with van der Waals surface area (Å²) in [6.45, 7) is 5.97. The predicted molar refractivity (Wildman–Crippen MR) is 76.6 cm³/mol. The summed E-state index contributed by atoms with van der Waals surface area (Å²) in [4.78, 5) is 11.9. The normalized spacial score (nSPS) is 10.7. The molecule has 94 valence electrons. The van der Waals surface area contributed by atoms with Crippen molar-refractivity contribution < 1.29 is 4.79 Å². The molecule has 1 amide bonds. The largest absolute Gasteiger partial charge is 0.325 e. The summed E-state index contributed by atoms with van der Waals surface area (Å²) in [6, 6.07) is 3.69. The Hall–Kier alpha value is -0.540. The molecule has 4 heteroatoms. The molecule has 0 saturated carbocycles. The van der Waals surface area contributed by atoms with Crippen molar-refractivity contribution in [2.45, 2.75) is 33.6 Å². The fourth-order valence-corrected chi connectivity index (χ4v) is 2.36. The fraction of sp³-hybridized carbons (Fsp3) is 0.462. The molecule has 0 aromatic heterocycles. The van der Waals surface area contributed by atoms with E-state index >= 15 is 0 Å². The molecule has 0 aliphatic carbocycles. The molecule has 17 heavy (non-hydrogen) atoms. The molecule has 0 saturated heterocycles. The third-order valence-electron chi connectivity index (χ3n) is 2.86. The molecule has 0 aliphatic heterocycles. The Morgan fingerprint density at radius 2 is 2.00 bits per heavy atom. The van der Waals surface area contributed by atoms with Crippen molar-refractivity contribution in [1.29, 1.82) is 0 Å². The number of carbonyl (C=O) groups is 1. The minimum atomic E-state index is 0.0515. The molecule has 0 spiro atoms. The van der Waals surface area contributed by atoms with Crippen molar-refractivity contribution in [3.05, 3.63) is 27.2 Å². The zero-order chi connectivity index (χ0) is 13.0. The van der Waals surface area contributed by atoms with Gasteiger partial charge in [-0.05, 0) is 53.4 Å². The number of carbonyl (C=O) groups excluding carboxylic acids is 1. The second kappa shape index (κ2) is 6.41. The molecule has 1 aromatic carbocycles. The number of aryl methyl sites for hydroxylation is 1. The maximum atomic E-state index is 11.9. The van der Waals surface area contributed by atoms with Crippen LogP contribution in [0.2, 0.25) is 5.02 Å². The summed E-state index contributed by atoms with van der Waals surface area (Å²) >= 11 is 9.47. The van der Waals surface area contributed by atoms with Crippen LogP contribution in [0.1, 0.15) is 32.3 Å². The van der Waals surface area contributed by atoms with Gasteiger partial charge in [-0.3, -0.25) is 4.79 Å². The second-order valence-electron chi connectivity index (χ2n) is 4.08. The standard InChI is InChI=1S/C13H17BrClNO/c1-4-9(5-2)13(17)16-12-7-11(15)8(3)6-10(12)14/h6-7,9H,4-5H2,1-3H3,(H,16,17). The van der Waals surface area contributed by atoms with E-state index in [1.54, 1.807) is 6.07 Å². The van der Waals surface area contributed by atoms with E-state index in [0.29, 0.717) is 5.02 Å². The number of rotatable bonds is 4. The molecule has 1 aromatic rings. The Labute approximate surface area is 116 Å². The minimum absolute atomic E-state index is 0.0515. The zero-order valence-corrected chi connectivity index (χ0v) is 12.7. The Balaban J connectivity index is 2.88. The number of hydrogen-bond acceptors (Lipinski definition) is 1. The SMILES string of the molecule is CCC(CC)C(=O)Nc1cc(Cl)c(C)cc1Br. The number of benzene rings is 1. The highest BCUT2D eigenvalue weighted by Gasteiger charge is 2.15. The van der Waals surface area contributed by atoms with Crippen LogP contribution in [0.4, 0.5) is 5.69 Å². The first kappa shape index (κ1) is 14.5. The monoisotopic (exact) mass is 317 g/mol. The van der Waals surface area contributed by atoms with Crippen LogP contribution in [0.25, 0.3) is 0 Å². The lowest BCUT2D eigenvalue weighted by Crippen LogP contribution is -2.21. The highest BCUT2D eigenvalue weighted by molar-refractivity contribution is 9.10. The molecule has 0 radical (unpaired) electrons. The van der Waals surface area contributed by atoms with Gasteiger partial charge in [-0.25, -0.2) is 0 Å². The number of nitrogens with one attached hydrogen (secondary N) is 1. The predicted octanol–water partition coefficient (Wildman–Crippen LogP) is 4.79. The van der Waals surface area contributed by atoms with Gasteiger partial charge in [0.2, 0.25) is 5.91 Å². The van der Waals surface area contributed by atoms with E-state index in [-0.39, 0.29) is 11.8 Å². The second-order valence-corrected chi connectivity index (χ2v) is 5.35. The van der Waals surface area contributed by atoms with Gasteiger partial charge in [0.1, 0.15) is 0 Å². The Morgan fingerprint density at radius 1 is 1.41 bits per heavy atom. The average Bonchev–Trinajstić information content (AvgIpc) is 2.27. The third kappa shape index (κ3) is 3.71. The van der Waals surface area contributed by atoms with Crippen LogP contribution in [-0.4, -0.2) is 5.91 Å². The summed E-state index contributed by atoms with van der Waals surface area (Å²) in [5, 5.41) is 3.57. The molecule has 0 atom stereocenters. The molecule has 1 N–H and O–H groups in total. The minimum Gasteiger partial charge on any atom is -0.325 e. The molecular weight excluding hydrogens is 302 g/mol. The summed E-state index contributed by atoms with van der Waals surface area (Å²) in [5.74, 6) is 0.109. The van der Waals surface area contributed by atoms with Gasteiger partial charge in [-0.2, -0.15) is 0 Å². The summed E-state index contributed by atoms with van der Waals surface area (Å²) in [5.41, 5.74) is 1.72. The van der Waals surface area contributed by atoms with Crippen LogP contribution in [0, 0.1) is 12.8 Å². The van der Waals surface area contributed by atoms with E-state index in [0.717, 1.165) is 28.6 Å². The van der Waals surface area contributed by atoms with Gasteiger partial charge in [0.05, 0.1) is 5.69 Å². The molecule has 0 unspecified atom stereocenters. The van der Waals surface area contributed by atoms with E-state index in [9.17, 15) is 4.79 Å². The summed E-state index contributed by atoms with van der Waals surface area (Å²) < 4.78 is 0.860. The van der Waals surface area contributed by atoms with Crippen LogP contribution < -0.4 is 5.32 Å². The van der Waals surface area contributed by atoms with E-state index in [4.69, 9.17) is 11.6 Å². The molecule has 0 heterocycles. The number of halogens is 2. The van der Waals surface area contributed by atoms with Crippen molar-refractivity contribution in [1.82, 2.24) is 0 Å². The van der Waals surface area contributed by atoms with Crippen molar-refractivity contribution in [3.8, 4) is 0 Å². The van der Waals surface area contributed by atoms with Gasteiger partial charge in [-0.1, -0.05) is 25.4 Å². The number of anilines is 1. The van der Waals surface area contributed by atoms with Crippen molar-refractivity contribution in [2.75, 3.05) is 5.32 Å². The van der Waals surface area contributed by atoms with Crippen LogP contribution >= 0.6 is 27.5 Å². The highest BCUT2D eigenvalue weighted by atomic mass is 79.9. The topological polar surface area (TPSA) is 29.1 Å². The first-order valence-corrected chi connectivity index (χ1v) is 6.93. The molecule has 1 rings (SSSR count). The van der Waals surface area contributed by atoms with Crippen molar-refractivity contribution in [2.24, 2.45) is 5.92 Å². The average molecular weight is 319 g/mol. The highest BCUT2D eigenvalue weighted by Crippen LogP contribution is 2.29. The number of hydrogen-bond donors (Lipinski definition) is 1. The maximum absolute atomic E-state index is 11.9. The van der Waals surface area contributed by atoms with Gasteiger partial charge in [-0.15, -0.1) is 0 Å². The van der Waals surface area contributed by atoms with Gasteiger partial charge >= 0.3 is 0 Å². The fourth-order valence-electron chi connectivity index (χ4n) is 1.64. The lowest BCUT2D eigenvalue weighted by molar-refractivity contribution is -0.120. The molecule has 0 fully saturated rings. The van der Waals surface area contributed by atoms with E-state index in [2.05, 4.69) is 21.2 Å². The van der Waals surface area contributed by atoms with E-state index < -0.39 is 0 Å². The molecule has 2 nitrogen and oxygen atoms in total. The first-order valence-electron chi connectivity index (χ1n) is 5.76. The van der Waals surface area contributed by atoms with Crippen LogP contribution in [0.5, 0.6) is 0 Å². The first-order chi connectivity index (χ1) is 7.99. The molecule has 0 bridgehead atoms. The lowest BCUT2D eigenvalue weighted by atomic mass is 10.0. The van der Waals surface area contributed by atoms with Crippen molar-refractivity contribution >= 4 is 39.1 Å². The van der Waals surface area contributed by atoms with E-state index in [1.807, 2.05) is 26.8 Å². The smallest absolute Gasteiger partial charge is 0.227 e. The van der Waals surface area contributed by atoms with E-state index in [1.165, 1.54) is 0 Å². The van der Waals surface area contributed by atoms with Gasteiger partial charge in [0.25, 0.3) is 0 Å². The maximum Gasteiger partial charge on any atom is 0.227 e. The summed E-state index contributed by atoms with van der Waals surface area (Å²) in [6.07, 6.45) is 1.69. The van der Waals surface area contributed by atoms with Crippen molar-refractivity contribution in [3.63, 3.8) is 0 Å². The Bertz CT molecular complexity index is 416.